The summed E-state index contributed by atoms with van der Waals surface area (Å²) in [6.45, 7) is 6.72. The highest BCUT2D eigenvalue weighted by Crippen LogP contribution is 2.24. The molecule has 1 aliphatic rings. The maximum absolute atomic E-state index is 5.64. The van der Waals surface area contributed by atoms with Gasteiger partial charge in [0.15, 0.2) is 0 Å². The molecule has 0 unspecified atom stereocenters. The van der Waals surface area contributed by atoms with E-state index in [9.17, 15) is 0 Å². The summed E-state index contributed by atoms with van der Waals surface area (Å²) in [5.41, 5.74) is 0.0973. The molecular formula is C14H21NO2. The van der Waals surface area contributed by atoms with E-state index >= 15 is 0 Å². The predicted molar refractivity (Wildman–Crippen MR) is 68.4 cm³/mol. The van der Waals surface area contributed by atoms with E-state index in [1.54, 1.807) is 0 Å². The summed E-state index contributed by atoms with van der Waals surface area (Å²) in [6.07, 6.45) is 1.35. The second-order valence-electron chi connectivity index (χ2n) is 4.77. The van der Waals surface area contributed by atoms with E-state index in [-0.39, 0.29) is 11.6 Å². The lowest BCUT2D eigenvalue weighted by Gasteiger charge is -2.29. The summed E-state index contributed by atoms with van der Waals surface area (Å²) in [5, 5.41) is 3.53. The maximum atomic E-state index is 5.64. The van der Waals surface area contributed by atoms with Crippen LogP contribution in [0.15, 0.2) is 30.3 Å². The Hall–Kier alpha value is -1.06. The molecule has 1 aromatic rings. The van der Waals surface area contributed by atoms with Gasteiger partial charge in [-0.2, -0.15) is 0 Å². The van der Waals surface area contributed by atoms with Crippen molar-refractivity contribution in [2.24, 2.45) is 0 Å². The standard InChI is InChI=1S/C14H21NO2/c1-12-14(2,8-10-16-12)15-9-11-17-13-6-4-3-5-7-13/h3-7,12,15H,8-11H2,1-2H3/t12-,14-/m0/s1. The smallest absolute Gasteiger partial charge is 0.119 e. The lowest BCUT2D eigenvalue weighted by Crippen LogP contribution is -2.49. The van der Waals surface area contributed by atoms with Crippen LogP contribution in [0.2, 0.25) is 0 Å². The fourth-order valence-corrected chi connectivity index (χ4v) is 2.09. The molecule has 0 bridgehead atoms. The van der Waals surface area contributed by atoms with E-state index in [1.165, 1.54) is 0 Å². The van der Waals surface area contributed by atoms with Crippen molar-refractivity contribution >= 4 is 0 Å². The molecule has 94 valence electrons. The van der Waals surface area contributed by atoms with Gasteiger partial charge in [0.05, 0.1) is 6.10 Å². The number of nitrogens with one attached hydrogen (secondary N) is 1. The number of ether oxygens (including phenoxy) is 2. The number of benzene rings is 1. The van der Waals surface area contributed by atoms with Gasteiger partial charge in [-0.3, -0.25) is 0 Å². The third-order valence-electron chi connectivity index (χ3n) is 3.53. The zero-order valence-electron chi connectivity index (χ0n) is 10.6. The Balaban J connectivity index is 1.70. The van der Waals surface area contributed by atoms with E-state index in [2.05, 4.69) is 19.2 Å². The Kier molecular flexibility index (Phi) is 4.02. The third kappa shape index (κ3) is 3.20. The minimum atomic E-state index is 0.0973. The predicted octanol–water partition coefficient (Wildman–Crippen LogP) is 2.22. The van der Waals surface area contributed by atoms with Crippen LogP contribution in [0.25, 0.3) is 0 Å². The highest BCUT2D eigenvalue weighted by Gasteiger charge is 2.36. The second-order valence-corrected chi connectivity index (χ2v) is 4.77. The molecule has 1 aromatic carbocycles. The SMILES string of the molecule is C[C@@H]1OCC[C@]1(C)NCCOc1ccccc1. The van der Waals surface area contributed by atoms with Gasteiger partial charge in [0.2, 0.25) is 0 Å². The van der Waals surface area contributed by atoms with Crippen molar-refractivity contribution < 1.29 is 9.47 Å². The summed E-state index contributed by atoms with van der Waals surface area (Å²) in [5.74, 6) is 0.926. The Labute approximate surface area is 103 Å². The first-order chi connectivity index (χ1) is 8.21. The van der Waals surface area contributed by atoms with Crippen LogP contribution < -0.4 is 10.1 Å². The fraction of sp³-hybridized carbons (Fsp3) is 0.571. The molecule has 1 heterocycles. The molecule has 17 heavy (non-hydrogen) atoms. The minimum absolute atomic E-state index is 0.0973. The van der Waals surface area contributed by atoms with Gasteiger partial charge in [0.1, 0.15) is 12.4 Å². The van der Waals surface area contributed by atoms with Gasteiger partial charge in [0.25, 0.3) is 0 Å². The molecule has 3 heteroatoms. The Morgan fingerprint density at radius 1 is 1.41 bits per heavy atom. The molecule has 2 atom stereocenters. The summed E-state index contributed by atoms with van der Waals surface area (Å²) in [7, 11) is 0. The van der Waals surface area contributed by atoms with Crippen LogP contribution in [0.5, 0.6) is 5.75 Å². The van der Waals surface area contributed by atoms with Crippen LogP contribution >= 0.6 is 0 Å². The molecule has 0 spiro atoms. The van der Waals surface area contributed by atoms with Crippen molar-refractivity contribution in [1.82, 2.24) is 5.32 Å². The minimum Gasteiger partial charge on any atom is -0.492 e. The average molecular weight is 235 g/mol. The average Bonchev–Trinajstić information content (AvgIpc) is 2.67. The van der Waals surface area contributed by atoms with Crippen molar-refractivity contribution in [1.29, 1.82) is 0 Å². The molecule has 0 aliphatic carbocycles. The largest absolute Gasteiger partial charge is 0.492 e. The molecule has 1 fully saturated rings. The number of para-hydroxylation sites is 1. The van der Waals surface area contributed by atoms with Crippen LogP contribution in [0.4, 0.5) is 0 Å². The van der Waals surface area contributed by atoms with Gasteiger partial charge in [-0.1, -0.05) is 18.2 Å². The summed E-state index contributed by atoms with van der Waals surface area (Å²) < 4.78 is 11.2. The van der Waals surface area contributed by atoms with Crippen LogP contribution in [0, 0.1) is 0 Å². The van der Waals surface area contributed by atoms with Crippen molar-refractivity contribution in [2.75, 3.05) is 19.8 Å². The molecule has 1 aliphatic heterocycles. The first-order valence-corrected chi connectivity index (χ1v) is 6.25. The van der Waals surface area contributed by atoms with Gasteiger partial charge < -0.3 is 14.8 Å². The van der Waals surface area contributed by atoms with Crippen molar-refractivity contribution in [3.8, 4) is 5.75 Å². The second kappa shape index (κ2) is 5.52. The molecule has 0 radical (unpaired) electrons. The lowest BCUT2D eigenvalue weighted by atomic mass is 9.95. The first kappa shape index (κ1) is 12.4. The van der Waals surface area contributed by atoms with Crippen LogP contribution in [0.3, 0.4) is 0 Å². The zero-order chi connectivity index (χ0) is 12.1. The topological polar surface area (TPSA) is 30.5 Å². The Morgan fingerprint density at radius 3 is 2.82 bits per heavy atom. The molecule has 1 saturated heterocycles. The number of hydrogen-bond acceptors (Lipinski definition) is 3. The molecule has 0 aromatic heterocycles. The zero-order valence-corrected chi connectivity index (χ0v) is 10.6. The molecule has 0 saturated carbocycles. The summed E-state index contributed by atoms with van der Waals surface area (Å²) in [4.78, 5) is 0. The van der Waals surface area contributed by atoms with Crippen LogP contribution in [-0.4, -0.2) is 31.4 Å². The molecular weight excluding hydrogens is 214 g/mol. The Bertz CT molecular complexity index is 341. The van der Waals surface area contributed by atoms with Gasteiger partial charge in [-0.05, 0) is 32.4 Å². The lowest BCUT2D eigenvalue weighted by molar-refractivity contribution is 0.0872. The number of rotatable bonds is 5. The number of hydrogen-bond donors (Lipinski definition) is 1. The first-order valence-electron chi connectivity index (χ1n) is 6.25. The summed E-state index contributed by atoms with van der Waals surface area (Å²) >= 11 is 0. The third-order valence-corrected chi connectivity index (χ3v) is 3.53. The quantitative estimate of drug-likeness (QED) is 0.794. The van der Waals surface area contributed by atoms with E-state index in [1.807, 2.05) is 30.3 Å². The molecule has 3 nitrogen and oxygen atoms in total. The van der Waals surface area contributed by atoms with E-state index < -0.39 is 0 Å². The molecule has 1 N–H and O–H groups in total. The van der Waals surface area contributed by atoms with Crippen molar-refractivity contribution in [2.45, 2.75) is 31.9 Å². The Morgan fingerprint density at radius 2 is 2.18 bits per heavy atom. The highest BCUT2D eigenvalue weighted by molar-refractivity contribution is 5.20. The normalized spacial score (nSPS) is 28.2. The van der Waals surface area contributed by atoms with E-state index in [0.717, 1.165) is 25.3 Å². The molecule has 2 rings (SSSR count). The van der Waals surface area contributed by atoms with E-state index in [0.29, 0.717) is 6.61 Å². The van der Waals surface area contributed by atoms with Gasteiger partial charge in [0, 0.05) is 18.7 Å². The maximum Gasteiger partial charge on any atom is 0.119 e. The van der Waals surface area contributed by atoms with Crippen LogP contribution in [0.1, 0.15) is 20.3 Å². The fourth-order valence-electron chi connectivity index (χ4n) is 2.09. The van der Waals surface area contributed by atoms with Crippen molar-refractivity contribution in [3.63, 3.8) is 0 Å². The highest BCUT2D eigenvalue weighted by atomic mass is 16.5. The van der Waals surface area contributed by atoms with Gasteiger partial charge >= 0.3 is 0 Å². The molecule has 0 amide bonds. The van der Waals surface area contributed by atoms with Crippen LogP contribution in [-0.2, 0) is 4.74 Å². The van der Waals surface area contributed by atoms with Gasteiger partial charge in [-0.15, -0.1) is 0 Å². The van der Waals surface area contributed by atoms with Crippen molar-refractivity contribution in [3.05, 3.63) is 30.3 Å². The van der Waals surface area contributed by atoms with E-state index in [4.69, 9.17) is 9.47 Å². The van der Waals surface area contributed by atoms with Gasteiger partial charge in [-0.25, -0.2) is 0 Å². The monoisotopic (exact) mass is 235 g/mol. The summed E-state index contributed by atoms with van der Waals surface area (Å²) in [6, 6.07) is 9.91.